The molecule has 1 N–H and O–H groups in total. The van der Waals surface area contributed by atoms with Crippen LogP contribution < -0.4 is 10.3 Å². The minimum Gasteiger partial charge on any atom is -0.494 e. The summed E-state index contributed by atoms with van der Waals surface area (Å²) in [5.41, 5.74) is -0.296. The predicted molar refractivity (Wildman–Crippen MR) is 120 cm³/mol. The van der Waals surface area contributed by atoms with Crippen LogP contribution in [-0.4, -0.2) is 21.2 Å². The number of hydrogen-bond donors (Lipinski definition) is 1. The summed E-state index contributed by atoms with van der Waals surface area (Å²) in [4.78, 5) is 23.9. The van der Waals surface area contributed by atoms with Crippen molar-refractivity contribution in [2.75, 3.05) is 6.61 Å². The van der Waals surface area contributed by atoms with Crippen molar-refractivity contribution >= 4 is 17.1 Å². The van der Waals surface area contributed by atoms with E-state index in [0.29, 0.717) is 18.8 Å². The Morgan fingerprint density at radius 1 is 1.21 bits per heavy atom. The number of nitro groups is 1. The molecule has 0 aliphatic carbocycles. The minimum atomic E-state index is -0.655. The van der Waals surface area contributed by atoms with Gasteiger partial charge in [-0.15, -0.1) is 10.2 Å². The predicted octanol–water partition coefficient (Wildman–Crippen LogP) is 4.70. The molecule has 2 aromatic carbocycles. The van der Waals surface area contributed by atoms with Gasteiger partial charge in [0, 0.05) is 12.1 Å². The quantitative estimate of drug-likeness (QED) is 0.301. The van der Waals surface area contributed by atoms with E-state index in [-0.39, 0.29) is 34.7 Å². The molecule has 0 fully saturated rings. The first-order valence-electron chi connectivity index (χ1n) is 10.1. The molecule has 0 saturated heterocycles. The fourth-order valence-electron chi connectivity index (χ4n) is 3.24. The van der Waals surface area contributed by atoms with Crippen LogP contribution in [0.2, 0.25) is 0 Å². The van der Waals surface area contributed by atoms with Gasteiger partial charge in [0.15, 0.2) is 11.4 Å². The number of aromatic hydroxyl groups is 1. The molecular formula is C23H21N5O5. The van der Waals surface area contributed by atoms with Crippen molar-refractivity contribution in [2.45, 2.75) is 26.8 Å². The summed E-state index contributed by atoms with van der Waals surface area (Å²) in [5, 5.41) is 39.3. The largest absolute Gasteiger partial charge is 0.494 e. The second kappa shape index (κ2) is 10.2. The smallest absolute Gasteiger partial charge is 0.300 e. The molecule has 1 heterocycles. The fourth-order valence-corrected chi connectivity index (χ4v) is 3.24. The second-order valence-corrected chi connectivity index (χ2v) is 7.02. The van der Waals surface area contributed by atoms with Crippen LogP contribution in [-0.2, 0) is 13.0 Å². The molecule has 168 valence electrons. The molecule has 10 heteroatoms. The van der Waals surface area contributed by atoms with Crippen LogP contribution in [0.25, 0.3) is 0 Å². The molecular weight excluding hydrogens is 426 g/mol. The average Bonchev–Trinajstić information content (AvgIpc) is 2.80. The SMILES string of the molecule is CCOc1ccc(N=Nc2c(C)c(C#N)c(O)n(CCc3ccccc3)c2=O)c([N+](=O)[O-])c1. The van der Waals surface area contributed by atoms with Crippen LogP contribution >= 0.6 is 0 Å². The van der Waals surface area contributed by atoms with Gasteiger partial charge in [0.1, 0.15) is 17.4 Å². The minimum absolute atomic E-state index is 0.0790. The highest BCUT2D eigenvalue weighted by atomic mass is 16.6. The van der Waals surface area contributed by atoms with Gasteiger partial charge in [-0.05, 0) is 38.0 Å². The molecule has 3 rings (SSSR count). The Morgan fingerprint density at radius 3 is 2.58 bits per heavy atom. The number of azo groups is 1. The van der Waals surface area contributed by atoms with Crippen LogP contribution in [0.3, 0.4) is 0 Å². The summed E-state index contributed by atoms with van der Waals surface area (Å²) < 4.78 is 6.34. The Labute approximate surface area is 189 Å². The van der Waals surface area contributed by atoms with E-state index < -0.39 is 16.4 Å². The molecule has 0 unspecified atom stereocenters. The normalized spacial score (nSPS) is 10.8. The monoisotopic (exact) mass is 447 g/mol. The van der Waals surface area contributed by atoms with E-state index in [2.05, 4.69) is 10.2 Å². The number of nitro benzene ring substituents is 1. The molecule has 0 atom stereocenters. The van der Waals surface area contributed by atoms with Gasteiger partial charge in [-0.2, -0.15) is 5.26 Å². The van der Waals surface area contributed by atoms with E-state index in [1.807, 2.05) is 36.4 Å². The number of aryl methyl sites for hydroxylation is 1. The number of rotatable bonds is 8. The number of hydrogen-bond acceptors (Lipinski definition) is 8. The van der Waals surface area contributed by atoms with E-state index in [0.717, 1.165) is 10.1 Å². The molecule has 1 aromatic heterocycles. The third-order valence-electron chi connectivity index (χ3n) is 4.95. The zero-order valence-corrected chi connectivity index (χ0v) is 18.1. The highest BCUT2D eigenvalue weighted by Crippen LogP contribution is 2.33. The van der Waals surface area contributed by atoms with Gasteiger partial charge in [0.25, 0.3) is 11.2 Å². The first-order valence-corrected chi connectivity index (χ1v) is 10.1. The molecule has 0 radical (unpaired) electrons. The molecule has 10 nitrogen and oxygen atoms in total. The lowest BCUT2D eigenvalue weighted by Crippen LogP contribution is -2.22. The Morgan fingerprint density at radius 2 is 1.94 bits per heavy atom. The van der Waals surface area contributed by atoms with Crippen LogP contribution in [0.4, 0.5) is 17.1 Å². The lowest BCUT2D eigenvalue weighted by Gasteiger charge is -2.13. The van der Waals surface area contributed by atoms with Gasteiger partial charge < -0.3 is 9.84 Å². The highest BCUT2D eigenvalue weighted by Gasteiger charge is 2.20. The lowest BCUT2D eigenvalue weighted by atomic mass is 10.1. The molecule has 0 spiro atoms. The number of nitriles is 1. The van der Waals surface area contributed by atoms with Crippen LogP contribution in [0, 0.1) is 28.4 Å². The van der Waals surface area contributed by atoms with Gasteiger partial charge in [-0.25, -0.2) is 0 Å². The first kappa shape index (κ1) is 23.1. The molecule has 0 amide bonds. The van der Waals surface area contributed by atoms with Gasteiger partial charge in [-0.3, -0.25) is 19.5 Å². The molecule has 0 aliphatic heterocycles. The van der Waals surface area contributed by atoms with E-state index in [4.69, 9.17) is 4.74 Å². The maximum atomic E-state index is 13.1. The fraction of sp³-hybridized carbons (Fsp3) is 0.217. The number of ether oxygens (including phenoxy) is 1. The Bertz CT molecular complexity index is 1310. The summed E-state index contributed by atoms with van der Waals surface area (Å²) in [7, 11) is 0. The van der Waals surface area contributed by atoms with Gasteiger partial charge in [0.2, 0.25) is 5.88 Å². The summed E-state index contributed by atoms with van der Waals surface area (Å²) in [6, 6.07) is 15.3. The Hall–Kier alpha value is -4.52. The van der Waals surface area contributed by atoms with Crippen molar-refractivity contribution in [2.24, 2.45) is 10.2 Å². The van der Waals surface area contributed by atoms with E-state index >= 15 is 0 Å². The van der Waals surface area contributed by atoms with Crippen molar-refractivity contribution in [3.05, 3.63) is 85.7 Å². The lowest BCUT2D eigenvalue weighted by molar-refractivity contribution is -0.384. The third-order valence-corrected chi connectivity index (χ3v) is 4.95. The summed E-state index contributed by atoms with van der Waals surface area (Å²) in [5.74, 6) is -0.152. The maximum Gasteiger partial charge on any atom is 0.300 e. The number of pyridine rings is 1. The molecule has 3 aromatic rings. The average molecular weight is 447 g/mol. The van der Waals surface area contributed by atoms with Crippen molar-refractivity contribution in [1.29, 1.82) is 5.26 Å². The number of aromatic nitrogens is 1. The van der Waals surface area contributed by atoms with E-state index in [1.165, 1.54) is 25.1 Å². The first-order chi connectivity index (χ1) is 15.9. The van der Waals surface area contributed by atoms with E-state index in [9.17, 15) is 25.3 Å². The molecule has 0 aliphatic rings. The Balaban J connectivity index is 2.04. The van der Waals surface area contributed by atoms with Crippen LogP contribution in [0.15, 0.2) is 63.6 Å². The third kappa shape index (κ3) is 5.04. The number of benzene rings is 2. The van der Waals surface area contributed by atoms with Crippen molar-refractivity contribution < 1.29 is 14.8 Å². The summed E-state index contributed by atoms with van der Waals surface area (Å²) in [6.45, 7) is 3.66. The van der Waals surface area contributed by atoms with Gasteiger partial charge in [0.05, 0.1) is 17.6 Å². The standard InChI is InChI=1S/C23H21N5O5/c1-3-33-17-9-10-19(20(13-17)28(31)32)25-26-21-15(2)18(14-24)22(29)27(23(21)30)12-11-16-7-5-4-6-8-16/h4-10,13,29H,3,11-12H2,1-2H3. The van der Waals surface area contributed by atoms with Crippen molar-refractivity contribution in [3.8, 4) is 17.7 Å². The van der Waals surface area contributed by atoms with E-state index in [1.54, 1.807) is 6.92 Å². The zero-order valence-electron chi connectivity index (χ0n) is 18.1. The molecule has 0 bridgehead atoms. The van der Waals surface area contributed by atoms with Crippen molar-refractivity contribution in [3.63, 3.8) is 0 Å². The maximum absolute atomic E-state index is 13.1. The van der Waals surface area contributed by atoms with Crippen molar-refractivity contribution in [1.82, 2.24) is 4.57 Å². The topological polar surface area (TPSA) is 143 Å². The van der Waals surface area contributed by atoms with Gasteiger partial charge >= 0.3 is 0 Å². The van der Waals surface area contributed by atoms with Crippen LogP contribution in [0.1, 0.15) is 23.6 Å². The van der Waals surface area contributed by atoms with Crippen LogP contribution in [0.5, 0.6) is 11.6 Å². The summed E-state index contributed by atoms with van der Waals surface area (Å²) >= 11 is 0. The summed E-state index contributed by atoms with van der Waals surface area (Å²) in [6.07, 6.45) is 0.434. The second-order valence-electron chi connectivity index (χ2n) is 7.02. The number of nitrogens with zero attached hydrogens (tertiary/aromatic N) is 5. The van der Waals surface area contributed by atoms with Gasteiger partial charge in [-0.1, -0.05) is 30.3 Å². The highest BCUT2D eigenvalue weighted by molar-refractivity contribution is 5.61. The zero-order chi connectivity index (χ0) is 24.0. The Kier molecular flexibility index (Phi) is 7.15. The molecule has 33 heavy (non-hydrogen) atoms. The molecule has 0 saturated carbocycles.